The van der Waals surface area contributed by atoms with Gasteiger partial charge in [-0.3, -0.25) is 9.10 Å². The molecule has 0 fully saturated rings. The van der Waals surface area contributed by atoms with Gasteiger partial charge in [0.05, 0.1) is 18.0 Å². The number of benzene rings is 2. The van der Waals surface area contributed by atoms with Crippen LogP contribution in [0.15, 0.2) is 48.5 Å². The molecule has 5 nitrogen and oxygen atoms in total. The second-order valence-corrected chi connectivity index (χ2v) is 8.21. The van der Waals surface area contributed by atoms with E-state index >= 15 is 0 Å². The van der Waals surface area contributed by atoms with E-state index in [1.807, 2.05) is 38.1 Å². The van der Waals surface area contributed by atoms with Gasteiger partial charge in [-0.15, -0.1) is 0 Å². The van der Waals surface area contributed by atoms with Gasteiger partial charge < -0.3 is 5.32 Å². The SMILES string of the molecule is Cc1ccc([C@@H](C)NC(=O)[C@H](C)N(c2ccc(F)cc2)S(C)(=O)=O)cc1. The molecule has 0 bridgehead atoms. The van der Waals surface area contributed by atoms with E-state index < -0.39 is 27.8 Å². The zero-order chi connectivity index (χ0) is 19.5. The van der Waals surface area contributed by atoms with Crippen molar-refractivity contribution in [3.05, 3.63) is 65.5 Å². The maximum atomic E-state index is 13.1. The first-order valence-electron chi connectivity index (χ1n) is 8.21. The summed E-state index contributed by atoms with van der Waals surface area (Å²) < 4.78 is 38.6. The van der Waals surface area contributed by atoms with Crippen molar-refractivity contribution < 1.29 is 17.6 Å². The van der Waals surface area contributed by atoms with Crippen molar-refractivity contribution >= 4 is 21.6 Å². The number of hydrogen-bond acceptors (Lipinski definition) is 3. The first kappa shape index (κ1) is 19.9. The monoisotopic (exact) mass is 378 g/mol. The number of halogens is 1. The number of carbonyl (C=O) groups excluding carboxylic acids is 1. The standard InChI is InChI=1S/C19H23FN2O3S/c1-13-5-7-16(8-6-13)14(2)21-19(23)15(3)22(26(4,24)25)18-11-9-17(20)10-12-18/h5-12,14-15H,1-4H3,(H,21,23)/t14-,15+/m1/s1. The van der Waals surface area contributed by atoms with Crippen LogP contribution in [0.1, 0.15) is 31.0 Å². The Labute approximate surface area is 153 Å². The zero-order valence-corrected chi connectivity index (χ0v) is 16.0. The minimum atomic E-state index is -3.73. The number of anilines is 1. The zero-order valence-electron chi connectivity index (χ0n) is 15.2. The van der Waals surface area contributed by atoms with Crippen LogP contribution in [0, 0.1) is 12.7 Å². The Bertz CT molecular complexity index is 865. The van der Waals surface area contributed by atoms with Crippen LogP contribution in [0.3, 0.4) is 0 Å². The van der Waals surface area contributed by atoms with Crippen molar-refractivity contribution in [1.29, 1.82) is 0 Å². The van der Waals surface area contributed by atoms with Crippen molar-refractivity contribution in [2.24, 2.45) is 0 Å². The van der Waals surface area contributed by atoms with Crippen molar-refractivity contribution in [1.82, 2.24) is 5.32 Å². The smallest absolute Gasteiger partial charge is 0.244 e. The number of sulfonamides is 1. The highest BCUT2D eigenvalue weighted by Crippen LogP contribution is 2.22. The van der Waals surface area contributed by atoms with Gasteiger partial charge in [-0.05, 0) is 50.6 Å². The molecule has 0 heterocycles. The molecule has 2 aromatic rings. The summed E-state index contributed by atoms with van der Waals surface area (Å²) in [5.41, 5.74) is 2.27. The maximum absolute atomic E-state index is 13.1. The summed E-state index contributed by atoms with van der Waals surface area (Å²) in [6.07, 6.45) is 1.02. The van der Waals surface area contributed by atoms with E-state index in [1.165, 1.54) is 19.1 Å². The fourth-order valence-corrected chi connectivity index (χ4v) is 3.84. The topological polar surface area (TPSA) is 66.5 Å². The van der Waals surface area contributed by atoms with Crippen molar-refractivity contribution in [2.75, 3.05) is 10.6 Å². The van der Waals surface area contributed by atoms with Crippen LogP contribution in [0.25, 0.3) is 0 Å². The van der Waals surface area contributed by atoms with Crippen LogP contribution in [0.5, 0.6) is 0 Å². The van der Waals surface area contributed by atoms with Crippen LogP contribution in [-0.4, -0.2) is 26.6 Å². The van der Waals surface area contributed by atoms with E-state index in [-0.39, 0.29) is 11.7 Å². The van der Waals surface area contributed by atoms with Gasteiger partial charge in [0, 0.05) is 0 Å². The highest BCUT2D eigenvalue weighted by molar-refractivity contribution is 7.92. The average molecular weight is 378 g/mol. The Kier molecular flexibility index (Phi) is 6.02. The fourth-order valence-electron chi connectivity index (χ4n) is 2.67. The molecule has 0 radical (unpaired) electrons. The van der Waals surface area contributed by atoms with Crippen LogP contribution in [-0.2, 0) is 14.8 Å². The number of rotatable bonds is 6. The molecule has 0 saturated carbocycles. The molecule has 0 aliphatic carbocycles. The van der Waals surface area contributed by atoms with Gasteiger partial charge in [0.1, 0.15) is 11.9 Å². The van der Waals surface area contributed by atoms with E-state index in [1.54, 1.807) is 0 Å². The summed E-state index contributed by atoms with van der Waals surface area (Å²) in [6, 6.07) is 11.5. The molecule has 2 rings (SSSR count). The van der Waals surface area contributed by atoms with Gasteiger partial charge in [-0.25, -0.2) is 12.8 Å². The molecular formula is C19H23FN2O3S. The summed E-state index contributed by atoms with van der Waals surface area (Å²) in [6.45, 7) is 5.31. The lowest BCUT2D eigenvalue weighted by molar-refractivity contribution is -0.122. The molecule has 1 amide bonds. The molecule has 2 atom stereocenters. The molecule has 26 heavy (non-hydrogen) atoms. The lowest BCUT2D eigenvalue weighted by Gasteiger charge is -2.29. The molecule has 0 saturated heterocycles. The Morgan fingerprint density at radius 3 is 2.08 bits per heavy atom. The van der Waals surface area contributed by atoms with Crippen molar-refractivity contribution in [3.63, 3.8) is 0 Å². The summed E-state index contributed by atoms with van der Waals surface area (Å²) in [7, 11) is -3.73. The maximum Gasteiger partial charge on any atom is 0.244 e. The third-order valence-electron chi connectivity index (χ3n) is 4.11. The van der Waals surface area contributed by atoms with Gasteiger partial charge in [-0.2, -0.15) is 0 Å². The number of hydrogen-bond donors (Lipinski definition) is 1. The largest absolute Gasteiger partial charge is 0.348 e. The minimum absolute atomic E-state index is 0.236. The molecule has 0 aliphatic heterocycles. The summed E-state index contributed by atoms with van der Waals surface area (Å²) in [5, 5.41) is 2.83. The van der Waals surface area contributed by atoms with Gasteiger partial charge in [0.2, 0.25) is 15.9 Å². The van der Waals surface area contributed by atoms with Crippen molar-refractivity contribution in [3.8, 4) is 0 Å². The Morgan fingerprint density at radius 2 is 1.58 bits per heavy atom. The van der Waals surface area contributed by atoms with E-state index in [2.05, 4.69) is 5.32 Å². The fraction of sp³-hybridized carbons (Fsp3) is 0.316. The van der Waals surface area contributed by atoms with Gasteiger partial charge in [-0.1, -0.05) is 29.8 Å². The molecule has 0 spiro atoms. The predicted molar refractivity (Wildman–Crippen MR) is 101 cm³/mol. The molecule has 140 valence electrons. The minimum Gasteiger partial charge on any atom is -0.348 e. The number of amides is 1. The average Bonchev–Trinajstić information content (AvgIpc) is 2.56. The number of nitrogens with zero attached hydrogens (tertiary/aromatic N) is 1. The first-order chi connectivity index (χ1) is 12.1. The second-order valence-electron chi connectivity index (χ2n) is 6.35. The van der Waals surface area contributed by atoms with Crippen LogP contribution in [0.2, 0.25) is 0 Å². The number of nitrogens with one attached hydrogen (secondary N) is 1. The Balaban J connectivity index is 2.22. The van der Waals surface area contributed by atoms with Gasteiger partial charge in [0.15, 0.2) is 0 Å². The molecule has 0 aliphatic rings. The number of carbonyl (C=O) groups is 1. The molecule has 0 aromatic heterocycles. The van der Waals surface area contributed by atoms with Crippen LogP contribution in [0.4, 0.5) is 10.1 Å². The molecular weight excluding hydrogens is 355 g/mol. The molecule has 1 N–H and O–H groups in total. The molecule has 0 unspecified atom stereocenters. The molecule has 2 aromatic carbocycles. The Morgan fingerprint density at radius 1 is 1.04 bits per heavy atom. The van der Waals surface area contributed by atoms with Gasteiger partial charge in [0.25, 0.3) is 0 Å². The van der Waals surface area contributed by atoms with Gasteiger partial charge >= 0.3 is 0 Å². The normalized spacial score (nSPS) is 13.7. The van der Waals surface area contributed by atoms with Crippen molar-refractivity contribution in [2.45, 2.75) is 32.9 Å². The Hall–Kier alpha value is -2.41. The van der Waals surface area contributed by atoms with Crippen LogP contribution < -0.4 is 9.62 Å². The summed E-state index contributed by atoms with van der Waals surface area (Å²) >= 11 is 0. The quantitative estimate of drug-likeness (QED) is 0.840. The highest BCUT2D eigenvalue weighted by atomic mass is 32.2. The van der Waals surface area contributed by atoms with Crippen LogP contribution >= 0.6 is 0 Å². The third-order valence-corrected chi connectivity index (χ3v) is 5.35. The lowest BCUT2D eigenvalue weighted by atomic mass is 10.1. The highest BCUT2D eigenvalue weighted by Gasteiger charge is 2.29. The summed E-state index contributed by atoms with van der Waals surface area (Å²) in [5.74, 6) is -0.917. The number of aryl methyl sites for hydroxylation is 1. The van der Waals surface area contributed by atoms with E-state index in [4.69, 9.17) is 0 Å². The third kappa shape index (κ3) is 4.82. The summed E-state index contributed by atoms with van der Waals surface area (Å²) in [4.78, 5) is 12.6. The van der Waals surface area contributed by atoms with E-state index in [0.29, 0.717) is 0 Å². The van der Waals surface area contributed by atoms with E-state index in [0.717, 1.165) is 33.8 Å². The lowest BCUT2D eigenvalue weighted by Crippen LogP contribution is -2.48. The predicted octanol–water partition coefficient (Wildman–Crippen LogP) is 3.17. The second kappa shape index (κ2) is 7.86. The first-order valence-corrected chi connectivity index (χ1v) is 10.1. The molecule has 7 heteroatoms. The van der Waals surface area contributed by atoms with E-state index in [9.17, 15) is 17.6 Å².